The molecule has 0 aromatic rings. The van der Waals surface area contributed by atoms with Gasteiger partial charge in [0.15, 0.2) is 0 Å². The molecular weight excluding hydrogens is 869 g/mol. The van der Waals surface area contributed by atoms with Crippen LogP contribution in [0.1, 0.15) is 258 Å². The fraction of sp³-hybridized carbons (Fsp3) is 0.893. The van der Waals surface area contributed by atoms with Gasteiger partial charge >= 0.3 is 0 Å². The Hall–Kier alpha value is -2.90. The van der Waals surface area contributed by atoms with Crippen molar-refractivity contribution in [1.82, 2.24) is 26.2 Å². The van der Waals surface area contributed by atoms with E-state index < -0.39 is 0 Å². The van der Waals surface area contributed by atoms with Crippen LogP contribution in [0.5, 0.6) is 0 Å². The van der Waals surface area contributed by atoms with Gasteiger partial charge in [-0.05, 0) is 52.7 Å². The third-order valence-corrected chi connectivity index (χ3v) is 12.5. The van der Waals surface area contributed by atoms with Crippen LogP contribution in [-0.2, 0) is 28.8 Å². The molecule has 0 aliphatic carbocycles. The first-order valence-electron chi connectivity index (χ1n) is 28.5. The lowest BCUT2D eigenvalue weighted by atomic mass is 10.0. The molecule has 0 radical (unpaired) electrons. The third-order valence-electron chi connectivity index (χ3n) is 12.5. The van der Waals surface area contributed by atoms with Gasteiger partial charge in [-0.3, -0.25) is 28.8 Å². The van der Waals surface area contributed by atoms with Crippen molar-refractivity contribution in [1.29, 1.82) is 0 Å². The maximum atomic E-state index is 11.9. The summed E-state index contributed by atoms with van der Waals surface area (Å²) in [5.41, 5.74) is 0. The summed E-state index contributed by atoms with van der Waals surface area (Å²) in [6.45, 7) is 8.07. The Kier molecular flexibility index (Phi) is 50.8. The monoisotopic (exact) mass is 979 g/mol. The zero-order valence-corrected chi connectivity index (χ0v) is 45.9. The molecule has 69 heavy (non-hydrogen) atoms. The number of amides is 4. The van der Waals surface area contributed by atoms with E-state index in [2.05, 4.69) is 40.0 Å². The van der Waals surface area contributed by atoms with Gasteiger partial charge in [-0.15, -0.1) is 0 Å². The first-order valence-corrected chi connectivity index (χ1v) is 28.5. The third kappa shape index (κ3) is 59.3. The van der Waals surface area contributed by atoms with Crippen molar-refractivity contribution >= 4 is 35.2 Å². The van der Waals surface area contributed by atoms with Gasteiger partial charge in [-0.25, -0.2) is 0 Å². The molecule has 0 aromatic carbocycles. The Labute approximate surface area is 423 Å². The Morgan fingerprint density at radius 1 is 0.348 bits per heavy atom. The second-order valence-corrected chi connectivity index (χ2v) is 20.5. The van der Waals surface area contributed by atoms with Crippen LogP contribution in [0.4, 0.5) is 0 Å². The lowest BCUT2D eigenvalue weighted by Crippen LogP contribution is -2.35. The van der Waals surface area contributed by atoms with Crippen molar-refractivity contribution in [2.24, 2.45) is 0 Å². The van der Waals surface area contributed by atoms with Crippen molar-refractivity contribution in [2.45, 2.75) is 258 Å². The summed E-state index contributed by atoms with van der Waals surface area (Å²) in [4.78, 5) is 73.3. The van der Waals surface area contributed by atoms with Crippen LogP contribution in [0, 0.1) is 5.21 Å². The minimum absolute atomic E-state index is 0.0447. The van der Waals surface area contributed by atoms with Gasteiger partial charge in [0.25, 0.3) is 0 Å². The first-order chi connectivity index (χ1) is 33.2. The highest BCUT2D eigenvalue weighted by molar-refractivity contribution is 5.85. The van der Waals surface area contributed by atoms with E-state index in [9.17, 15) is 34.0 Å². The fourth-order valence-corrected chi connectivity index (χ4v) is 8.05. The molecule has 0 unspecified atom stereocenters. The van der Waals surface area contributed by atoms with Gasteiger partial charge in [0, 0.05) is 84.0 Å². The van der Waals surface area contributed by atoms with Gasteiger partial charge < -0.3 is 36.0 Å². The minimum Gasteiger partial charge on any atom is -0.633 e. The summed E-state index contributed by atoms with van der Waals surface area (Å²) < 4.78 is -0.371. The molecule has 13 heteroatoms. The summed E-state index contributed by atoms with van der Waals surface area (Å²) in [7, 11) is 7.15. The number of rotatable bonds is 50. The Morgan fingerprint density at radius 3 is 0.928 bits per heavy atom. The van der Waals surface area contributed by atoms with Crippen molar-refractivity contribution in [3.05, 3.63) is 5.21 Å². The molecule has 4 amide bonds. The largest absolute Gasteiger partial charge is 0.633 e. The molecule has 0 fully saturated rings. The van der Waals surface area contributed by atoms with Crippen LogP contribution in [0.15, 0.2) is 0 Å². The molecular formula is C56H110N6O7. The number of nitrogens with one attached hydrogen (secondary N) is 4. The molecule has 0 aliphatic rings. The second-order valence-electron chi connectivity index (χ2n) is 20.5. The topological polar surface area (TPSA) is 177 Å². The number of unbranched alkanes of at least 4 members (excludes halogenated alkanes) is 24. The summed E-state index contributed by atoms with van der Waals surface area (Å²) >= 11 is 0. The van der Waals surface area contributed by atoms with Crippen molar-refractivity contribution in [2.75, 3.05) is 67.5 Å². The van der Waals surface area contributed by atoms with Crippen molar-refractivity contribution in [3.63, 3.8) is 0 Å². The zero-order chi connectivity index (χ0) is 51.5. The zero-order valence-electron chi connectivity index (χ0n) is 45.9. The summed E-state index contributed by atoms with van der Waals surface area (Å²) in [6.07, 6.45) is 39.5. The number of carbonyl (C=O) groups excluding carboxylic acids is 6. The van der Waals surface area contributed by atoms with E-state index in [1.165, 1.54) is 141 Å². The average Bonchev–Trinajstić information content (AvgIpc) is 3.31. The number of Topliss-reactive ketones (excluding diaryl/α,β-unsaturated/α-hetero) is 2. The maximum Gasteiger partial charge on any atom is 0.220 e. The fourth-order valence-electron chi connectivity index (χ4n) is 8.05. The van der Waals surface area contributed by atoms with Gasteiger partial charge in [0.05, 0.1) is 20.6 Å². The maximum absolute atomic E-state index is 11.9. The molecule has 0 saturated heterocycles. The van der Waals surface area contributed by atoms with Crippen LogP contribution in [0.25, 0.3) is 0 Å². The lowest BCUT2D eigenvalue weighted by Gasteiger charge is -2.33. The second kappa shape index (κ2) is 51.5. The van der Waals surface area contributed by atoms with E-state index in [0.29, 0.717) is 77.7 Å². The highest BCUT2D eigenvalue weighted by Gasteiger charge is 2.10. The molecule has 0 bridgehead atoms. The number of ketones is 2. The molecule has 0 aromatic heterocycles. The smallest absolute Gasteiger partial charge is 0.220 e. The average molecular weight is 980 g/mol. The van der Waals surface area contributed by atoms with E-state index in [1.54, 1.807) is 14.1 Å². The Bertz CT molecular complexity index is 1240. The Balaban J connectivity index is 0. The standard InChI is InChI=1S/C28H55N3O4.C28H55N3O3/c1-4-5-6-7-8-9-10-11-12-13-14-15-16-20-27(33)29-23-17-19-26(32)21-22-28(34)30-24-18-25-31(2,3)35;1-4-5-6-7-8-9-10-11-12-13-14-15-16-20-27(33)29-23-17-19-26(32)21-22-28(34)30-24-18-25-31(2)3/h4-25H2,1-3H3,(H,29,33)(H,30,34);4-25H2,1-3H3,(H,29,33)(H,30,34). The van der Waals surface area contributed by atoms with E-state index in [0.717, 1.165) is 38.6 Å². The molecule has 0 rings (SSSR count). The molecule has 406 valence electrons. The van der Waals surface area contributed by atoms with E-state index in [4.69, 9.17) is 0 Å². The molecule has 0 saturated carbocycles. The van der Waals surface area contributed by atoms with Crippen LogP contribution in [-0.4, -0.2) is 112 Å². The SMILES string of the molecule is CCCCCCCCCCCCCCCC(=O)NCCCC(=O)CCC(=O)NCCCN(C)C.CCCCCCCCCCCCCCCC(=O)NCCCC(=O)CCC(=O)NCCC[N+](C)(C)[O-]. The van der Waals surface area contributed by atoms with Crippen molar-refractivity contribution in [3.8, 4) is 0 Å². The highest BCUT2D eigenvalue weighted by atomic mass is 16.5. The summed E-state index contributed by atoms with van der Waals surface area (Å²) in [6, 6.07) is 0. The number of quaternary nitrogens is 1. The molecule has 13 nitrogen and oxygen atoms in total. The molecule has 0 heterocycles. The van der Waals surface area contributed by atoms with Crippen LogP contribution in [0.3, 0.4) is 0 Å². The Morgan fingerprint density at radius 2 is 0.623 bits per heavy atom. The van der Waals surface area contributed by atoms with E-state index >= 15 is 0 Å². The van der Waals surface area contributed by atoms with Crippen molar-refractivity contribution < 1.29 is 33.4 Å². The molecule has 0 spiro atoms. The van der Waals surface area contributed by atoms with Gasteiger partial charge in [-0.1, -0.05) is 168 Å². The number of carbonyl (C=O) groups is 6. The number of hydrogen-bond donors (Lipinski definition) is 4. The molecule has 0 aliphatic heterocycles. The predicted octanol–water partition coefficient (Wildman–Crippen LogP) is 11.6. The lowest BCUT2D eigenvalue weighted by molar-refractivity contribution is -0.840. The van der Waals surface area contributed by atoms with E-state index in [1.807, 2.05) is 14.1 Å². The van der Waals surface area contributed by atoms with Gasteiger partial charge in [-0.2, -0.15) is 0 Å². The summed E-state index contributed by atoms with van der Waals surface area (Å²) in [5, 5.41) is 22.8. The predicted molar refractivity (Wildman–Crippen MR) is 288 cm³/mol. The van der Waals surface area contributed by atoms with Gasteiger partial charge in [0.1, 0.15) is 11.6 Å². The normalized spacial score (nSPS) is 11.2. The quantitative estimate of drug-likeness (QED) is 0.0264. The molecule has 4 N–H and O–H groups in total. The first kappa shape index (κ1) is 68.2. The summed E-state index contributed by atoms with van der Waals surface area (Å²) in [5.74, 6) is 0.0868. The number of hydroxylamine groups is 3. The van der Waals surface area contributed by atoms with Crippen LogP contribution >= 0.6 is 0 Å². The number of nitrogens with zero attached hydrogens (tertiary/aromatic N) is 2. The number of hydrogen-bond acceptors (Lipinski definition) is 8. The highest BCUT2D eigenvalue weighted by Crippen LogP contribution is 2.15. The van der Waals surface area contributed by atoms with Crippen LogP contribution in [0.2, 0.25) is 0 Å². The minimum atomic E-state index is -0.371. The molecule has 0 atom stereocenters. The van der Waals surface area contributed by atoms with Gasteiger partial charge in [0.2, 0.25) is 23.6 Å². The van der Waals surface area contributed by atoms with E-state index in [-0.39, 0.29) is 65.5 Å². The van der Waals surface area contributed by atoms with Crippen LogP contribution < -0.4 is 21.3 Å².